The van der Waals surface area contributed by atoms with E-state index in [4.69, 9.17) is 0 Å². The van der Waals surface area contributed by atoms with Gasteiger partial charge in [0.15, 0.2) is 0 Å². The van der Waals surface area contributed by atoms with Crippen LogP contribution in [0.1, 0.15) is 5.56 Å². The van der Waals surface area contributed by atoms with Gasteiger partial charge >= 0.3 is 6.18 Å². The van der Waals surface area contributed by atoms with Crippen LogP contribution < -0.4 is 4.48 Å². The van der Waals surface area contributed by atoms with E-state index in [0.29, 0.717) is 10.2 Å². The fourth-order valence-electron chi connectivity index (χ4n) is 1.57. The Morgan fingerprint density at radius 3 is 2.21 bits per heavy atom. The zero-order valence-electron chi connectivity index (χ0n) is 7.80. The molecule has 0 aromatic heterocycles. The topological polar surface area (TPSA) is 0 Å². The predicted molar refractivity (Wildman–Crippen MR) is 48.9 cm³/mol. The minimum absolute atomic E-state index is 0.389. The lowest BCUT2D eigenvalue weighted by Gasteiger charge is -2.17. The van der Waals surface area contributed by atoms with Crippen molar-refractivity contribution in [1.29, 1.82) is 0 Å². The molecule has 0 amide bonds. The lowest BCUT2D eigenvalue weighted by molar-refractivity contribution is -0.137. The Morgan fingerprint density at radius 2 is 1.71 bits per heavy atom. The number of alkyl halides is 3. The first-order valence-electron chi connectivity index (χ1n) is 4.45. The van der Waals surface area contributed by atoms with Gasteiger partial charge in [0.05, 0.1) is 7.05 Å². The van der Waals surface area contributed by atoms with E-state index in [2.05, 4.69) is 0 Å². The molecule has 1 heterocycles. The van der Waals surface area contributed by atoms with E-state index in [1.807, 2.05) is 7.05 Å². The number of benzene rings is 1. The maximum absolute atomic E-state index is 12.6. The molecule has 1 aromatic rings. The second-order valence-electron chi connectivity index (χ2n) is 3.86. The Hall–Kier alpha value is -1.03. The van der Waals surface area contributed by atoms with Crippen molar-refractivity contribution in [3.8, 4) is 0 Å². The molecule has 0 N–H and O–H groups in total. The van der Waals surface area contributed by atoms with Crippen molar-refractivity contribution in [2.75, 3.05) is 20.1 Å². The molecule has 0 atom stereocenters. The Morgan fingerprint density at radius 1 is 1.14 bits per heavy atom. The van der Waals surface area contributed by atoms with Crippen molar-refractivity contribution in [2.24, 2.45) is 0 Å². The highest BCUT2D eigenvalue weighted by molar-refractivity contribution is 5.54. The normalized spacial score (nSPS) is 19.4. The fraction of sp³-hybridized carbons (Fsp3) is 0.400. The molecule has 1 aromatic carbocycles. The third-order valence-electron chi connectivity index (χ3n) is 2.69. The van der Waals surface area contributed by atoms with Gasteiger partial charge in [-0.15, -0.1) is 0 Å². The average molecular weight is 202 g/mol. The van der Waals surface area contributed by atoms with Crippen LogP contribution in [0.4, 0.5) is 18.9 Å². The number of hydrogen-bond acceptors (Lipinski definition) is 0. The zero-order chi connectivity index (χ0) is 10.4. The summed E-state index contributed by atoms with van der Waals surface area (Å²) >= 11 is 0. The Kier molecular flexibility index (Phi) is 1.86. The second-order valence-corrected chi connectivity index (χ2v) is 3.86. The number of hydrogen-bond donors (Lipinski definition) is 0. The summed E-state index contributed by atoms with van der Waals surface area (Å²) in [6.07, 6.45) is -4.24. The van der Waals surface area contributed by atoms with Gasteiger partial charge in [0.1, 0.15) is 24.3 Å². The van der Waals surface area contributed by atoms with Crippen molar-refractivity contribution in [3.05, 3.63) is 29.8 Å². The summed E-state index contributed by atoms with van der Waals surface area (Å²) in [5, 5.41) is 0. The third-order valence-corrected chi connectivity index (χ3v) is 2.69. The largest absolute Gasteiger partial charge is 0.422 e. The van der Waals surface area contributed by atoms with E-state index in [0.717, 1.165) is 19.2 Å². The highest BCUT2D eigenvalue weighted by atomic mass is 19.4. The number of quaternary nitrogens is 1. The van der Waals surface area contributed by atoms with E-state index in [1.54, 1.807) is 12.1 Å². The van der Waals surface area contributed by atoms with E-state index in [1.165, 1.54) is 6.07 Å². The van der Waals surface area contributed by atoms with Gasteiger partial charge in [-0.3, -0.25) is 4.48 Å². The molecule has 0 spiro atoms. The maximum Gasteiger partial charge on any atom is 0.422 e. The van der Waals surface area contributed by atoms with Crippen LogP contribution in [0.2, 0.25) is 0 Å². The molecule has 2 rings (SSSR count). The fourth-order valence-corrected chi connectivity index (χ4v) is 1.57. The standard InChI is InChI=1S/C10H11F3N/c1-14(6-7-14)9-5-3-2-4-8(9)10(11,12)13/h2-5H,6-7H2,1H3/q+1. The van der Waals surface area contributed by atoms with Crippen LogP contribution in [0.5, 0.6) is 0 Å². The first-order valence-corrected chi connectivity index (χ1v) is 4.45. The third kappa shape index (κ3) is 1.50. The minimum Gasteiger partial charge on any atom is -0.284 e. The van der Waals surface area contributed by atoms with E-state index < -0.39 is 11.7 Å². The van der Waals surface area contributed by atoms with Gasteiger partial charge in [0.25, 0.3) is 0 Å². The summed E-state index contributed by atoms with van der Waals surface area (Å²) in [6, 6.07) is 5.81. The van der Waals surface area contributed by atoms with Crippen molar-refractivity contribution in [2.45, 2.75) is 6.18 Å². The molecule has 0 bridgehead atoms. The van der Waals surface area contributed by atoms with Gasteiger partial charge in [-0.25, -0.2) is 0 Å². The van der Waals surface area contributed by atoms with Crippen LogP contribution in [0.15, 0.2) is 24.3 Å². The number of para-hydroxylation sites is 1. The SMILES string of the molecule is C[N+]1(c2ccccc2C(F)(F)F)CC1. The molecule has 1 nitrogen and oxygen atoms in total. The molecule has 0 unspecified atom stereocenters. The molecule has 14 heavy (non-hydrogen) atoms. The number of nitrogens with zero attached hydrogens (tertiary/aromatic N) is 1. The Bertz CT molecular complexity index is 328. The second kappa shape index (κ2) is 2.73. The smallest absolute Gasteiger partial charge is 0.284 e. The van der Waals surface area contributed by atoms with Gasteiger partial charge in [-0.2, -0.15) is 13.2 Å². The Labute approximate surface area is 80.4 Å². The van der Waals surface area contributed by atoms with E-state index >= 15 is 0 Å². The molecule has 1 fully saturated rings. The van der Waals surface area contributed by atoms with Gasteiger partial charge in [-0.05, 0) is 12.1 Å². The van der Waals surface area contributed by atoms with Crippen LogP contribution in [-0.2, 0) is 6.18 Å². The minimum atomic E-state index is -4.24. The first kappa shape index (κ1) is 9.52. The Balaban J connectivity index is 2.50. The lowest BCUT2D eigenvalue weighted by atomic mass is 10.1. The molecule has 76 valence electrons. The van der Waals surface area contributed by atoms with Crippen LogP contribution in [0.3, 0.4) is 0 Å². The van der Waals surface area contributed by atoms with Gasteiger partial charge in [0.2, 0.25) is 0 Å². The highest BCUT2D eigenvalue weighted by Gasteiger charge is 2.46. The summed E-state index contributed by atoms with van der Waals surface area (Å²) in [5.74, 6) is 0. The molecule has 1 aliphatic heterocycles. The van der Waals surface area contributed by atoms with Crippen molar-refractivity contribution in [3.63, 3.8) is 0 Å². The zero-order valence-corrected chi connectivity index (χ0v) is 7.80. The molecule has 0 saturated carbocycles. The van der Waals surface area contributed by atoms with Crippen LogP contribution in [-0.4, -0.2) is 20.1 Å². The molecule has 0 radical (unpaired) electrons. The van der Waals surface area contributed by atoms with Crippen LogP contribution >= 0.6 is 0 Å². The summed E-state index contributed by atoms with van der Waals surface area (Å²) in [5.41, 5.74) is -0.111. The van der Waals surface area contributed by atoms with Crippen molar-refractivity contribution < 1.29 is 13.2 Å². The van der Waals surface area contributed by atoms with Gasteiger partial charge in [-0.1, -0.05) is 12.1 Å². The maximum atomic E-state index is 12.6. The monoisotopic (exact) mass is 202 g/mol. The van der Waals surface area contributed by atoms with Gasteiger partial charge in [0, 0.05) is 0 Å². The summed E-state index contributed by atoms with van der Waals surface area (Å²) < 4.78 is 38.2. The van der Waals surface area contributed by atoms with E-state index in [9.17, 15) is 13.2 Å². The summed E-state index contributed by atoms with van der Waals surface area (Å²) in [7, 11) is 1.82. The van der Waals surface area contributed by atoms with Crippen molar-refractivity contribution >= 4 is 5.69 Å². The van der Waals surface area contributed by atoms with Crippen LogP contribution in [0.25, 0.3) is 0 Å². The lowest BCUT2D eigenvalue weighted by Crippen LogP contribution is -2.23. The highest BCUT2D eigenvalue weighted by Crippen LogP contribution is 2.41. The average Bonchev–Trinajstić information content (AvgIpc) is 2.84. The molecular weight excluding hydrogens is 191 g/mol. The quantitative estimate of drug-likeness (QED) is 0.485. The number of halogens is 3. The van der Waals surface area contributed by atoms with Crippen molar-refractivity contribution in [1.82, 2.24) is 4.48 Å². The van der Waals surface area contributed by atoms with Crippen LogP contribution in [0, 0.1) is 0 Å². The number of likely N-dealkylation sites (N-methyl/N-ethyl adjacent to an activating group) is 1. The molecule has 4 heteroatoms. The summed E-state index contributed by atoms with van der Waals surface area (Å²) in [6.45, 7) is 1.60. The summed E-state index contributed by atoms with van der Waals surface area (Å²) in [4.78, 5) is 0. The first-order chi connectivity index (χ1) is 6.43. The number of rotatable bonds is 1. The van der Waals surface area contributed by atoms with E-state index in [-0.39, 0.29) is 0 Å². The molecular formula is C10H11F3N+. The van der Waals surface area contributed by atoms with Gasteiger partial charge < -0.3 is 0 Å². The predicted octanol–water partition coefficient (Wildman–Crippen LogP) is 2.66. The molecule has 1 aliphatic rings. The molecule has 1 saturated heterocycles. The molecule has 0 aliphatic carbocycles.